The number of aliphatic hydroxyl groups excluding tert-OH is 1. The zero-order chi connectivity index (χ0) is 11.1. The van der Waals surface area contributed by atoms with Crippen LogP contribution >= 0.6 is 0 Å². The second kappa shape index (κ2) is 6.02. The fourth-order valence-corrected chi connectivity index (χ4v) is 1.12. The van der Waals surface area contributed by atoms with Crippen LogP contribution in [0, 0.1) is 0 Å². The van der Waals surface area contributed by atoms with Gasteiger partial charge in [-0.2, -0.15) is 5.10 Å². The number of alkyl carbamates (subject to hydrolysis) is 1. The number of amides is 1. The van der Waals surface area contributed by atoms with Gasteiger partial charge in [0.05, 0.1) is 13.2 Å². The predicted molar refractivity (Wildman–Crippen MR) is 53.3 cm³/mol. The second-order valence-corrected chi connectivity index (χ2v) is 3.13. The van der Waals surface area contributed by atoms with E-state index < -0.39 is 6.09 Å². The smallest absolute Gasteiger partial charge is 0.407 e. The minimum Gasteiger partial charge on any atom is -0.447 e. The monoisotopic (exact) mass is 213 g/mol. The number of carbonyl (C=O) groups excluding carboxylic acids is 1. The highest BCUT2D eigenvalue weighted by molar-refractivity contribution is 5.67. The van der Waals surface area contributed by atoms with E-state index >= 15 is 0 Å². The van der Waals surface area contributed by atoms with Gasteiger partial charge in [0.1, 0.15) is 6.61 Å². The normalized spacial score (nSPS) is 12.1. The molecule has 0 aliphatic heterocycles. The molecule has 0 aliphatic rings. The van der Waals surface area contributed by atoms with Crippen molar-refractivity contribution < 1.29 is 14.6 Å². The van der Waals surface area contributed by atoms with Crippen LogP contribution in [0.1, 0.15) is 6.92 Å². The highest BCUT2D eigenvalue weighted by Gasteiger charge is 2.08. The lowest BCUT2D eigenvalue weighted by Gasteiger charge is -2.13. The van der Waals surface area contributed by atoms with Gasteiger partial charge in [0.2, 0.25) is 0 Å². The van der Waals surface area contributed by atoms with Gasteiger partial charge in [0.15, 0.2) is 0 Å². The van der Waals surface area contributed by atoms with E-state index in [9.17, 15) is 4.79 Å². The number of ether oxygens (including phenoxy) is 1. The Hall–Kier alpha value is -1.56. The van der Waals surface area contributed by atoms with Gasteiger partial charge in [-0.1, -0.05) is 0 Å². The number of rotatable bonds is 5. The molecule has 1 rings (SSSR count). The predicted octanol–water partition coefficient (Wildman–Crippen LogP) is -0.00990. The summed E-state index contributed by atoms with van der Waals surface area (Å²) in [7, 11) is 0. The van der Waals surface area contributed by atoms with Crippen LogP contribution in [0.4, 0.5) is 4.79 Å². The first-order valence-electron chi connectivity index (χ1n) is 4.74. The number of nitrogens with zero attached hydrogens (tertiary/aromatic N) is 2. The lowest BCUT2D eigenvalue weighted by molar-refractivity contribution is 0.116. The van der Waals surface area contributed by atoms with Gasteiger partial charge < -0.3 is 15.2 Å². The molecule has 0 aromatic carbocycles. The third-order valence-electron chi connectivity index (χ3n) is 1.71. The second-order valence-electron chi connectivity index (χ2n) is 3.13. The first-order chi connectivity index (χ1) is 7.22. The fraction of sp³-hybridized carbons (Fsp3) is 0.556. The number of carbonyl (C=O) groups is 1. The Bertz CT molecular complexity index is 287. The van der Waals surface area contributed by atoms with Crippen LogP contribution in [0.15, 0.2) is 18.5 Å². The Labute approximate surface area is 87.8 Å². The quantitative estimate of drug-likeness (QED) is 0.721. The van der Waals surface area contributed by atoms with Crippen LogP contribution in [-0.2, 0) is 11.3 Å². The molecule has 0 saturated heterocycles. The number of aromatic nitrogens is 2. The van der Waals surface area contributed by atoms with Gasteiger partial charge in [-0.15, -0.1) is 0 Å². The Balaban J connectivity index is 2.23. The fourth-order valence-electron chi connectivity index (χ4n) is 1.12. The molecule has 6 nitrogen and oxygen atoms in total. The lowest BCUT2D eigenvalue weighted by atomic mass is 10.3. The Kier molecular flexibility index (Phi) is 4.62. The molecule has 6 heteroatoms. The van der Waals surface area contributed by atoms with Crippen molar-refractivity contribution in [2.75, 3.05) is 13.2 Å². The van der Waals surface area contributed by atoms with Crippen molar-refractivity contribution in [1.82, 2.24) is 15.1 Å². The van der Waals surface area contributed by atoms with Crippen molar-refractivity contribution in [1.29, 1.82) is 0 Å². The van der Waals surface area contributed by atoms with Crippen LogP contribution in [0.5, 0.6) is 0 Å². The maximum absolute atomic E-state index is 11.1. The van der Waals surface area contributed by atoms with Gasteiger partial charge in [-0.25, -0.2) is 4.79 Å². The van der Waals surface area contributed by atoms with Crippen molar-refractivity contribution in [2.45, 2.75) is 19.5 Å². The molecule has 1 unspecified atom stereocenters. The number of hydrogen-bond acceptors (Lipinski definition) is 4. The maximum Gasteiger partial charge on any atom is 0.407 e. The lowest BCUT2D eigenvalue weighted by Crippen LogP contribution is -2.36. The molecular weight excluding hydrogens is 198 g/mol. The molecule has 0 saturated carbocycles. The molecule has 0 bridgehead atoms. The summed E-state index contributed by atoms with van der Waals surface area (Å²) in [6.07, 6.45) is 2.97. The summed E-state index contributed by atoms with van der Waals surface area (Å²) < 4.78 is 6.37. The number of nitrogens with one attached hydrogen (secondary N) is 1. The Morgan fingerprint density at radius 1 is 1.73 bits per heavy atom. The number of hydrogen-bond donors (Lipinski definition) is 2. The first-order valence-corrected chi connectivity index (χ1v) is 4.74. The Morgan fingerprint density at radius 3 is 3.13 bits per heavy atom. The minimum atomic E-state index is -0.524. The van der Waals surface area contributed by atoms with Crippen molar-refractivity contribution in [2.24, 2.45) is 0 Å². The van der Waals surface area contributed by atoms with Crippen LogP contribution in [-0.4, -0.2) is 40.2 Å². The molecular formula is C9H15N3O3. The summed E-state index contributed by atoms with van der Waals surface area (Å²) >= 11 is 0. The molecule has 15 heavy (non-hydrogen) atoms. The summed E-state index contributed by atoms with van der Waals surface area (Å²) in [5.74, 6) is 0. The van der Waals surface area contributed by atoms with E-state index in [1.165, 1.54) is 0 Å². The van der Waals surface area contributed by atoms with E-state index in [4.69, 9.17) is 5.11 Å². The van der Waals surface area contributed by atoms with E-state index in [1.54, 1.807) is 10.9 Å². The van der Waals surface area contributed by atoms with Gasteiger partial charge in [-0.3, -0.25) is 4.68 Å². The van der Waals surface area contributed by atoms with Gasteiger partial charge in [0, 0.05) is 18.4 Å². The van der Waals surface area contributed by atoms with E-state index in [2.05, 4.69) is 15.2 Å². The van der Waals surface area contributed by atoms with Gasteiger partial charge >= 0.3 is 6.09 Å². The average Bonchev–Trinajstić information content (AvgIpc) is 2.67. The van der Waals surface area contributed by atoms with Crippen LogP contribution in [0.25, 0.3) is 0 Å². The SMILES string of the molecule is CC(Cn1cccn1)NC(=O)OCCO. The van der Waals surface area contributed by atoms with E-state index in [0.29, 0.717) is 6.54 Å². The van der Waals surface area contributed by atoms with Crippen LogP contribution in [0.3, 0.4) is 0 Å². The molecule has 1 amide bonds. The van der Waals surface area contributed by atoms with E-state index in [-0.39, 0.29) is 19.3 Å². The zero-order valence-corrected chi connectivity index (χ0v) is 8.59. The summed E-state index contributed by atoms with van der Waals surface area (Å²) in [5.41, 5.74) is 0. The van der Waals surface area contributed by atoms with E-state index in [0.717, 1.165) is 0 Å². The standard InChI is InChI=1S/C9H15N3O3/c1-8(7-12-4-2-3-10-12)11-9(14)15-6-5-13/h2-4,8,13H,5-7H2,1H3,(H,11,14). The van der Waals surface area contributed by atoms with Crippen molar-refractivity contribution in [3.05, 3.63) is 18.5 Å². The topological polar surface area (TPSA) is 76.4 Å². The van der Waals surface area contributed by atoms with Crippen molar-refractivity contribution in [3.63, 3.8) is 0 Å². The summed E-state index contributed by atoms with van der Waals surface area (Å²) in [5, 5.41) is 15.1. The summed E-state index contributed by atoms with van der Waals surface area (Å²) in [6.45, 7) is 2.28. The maximum atomic E-state index is 11.1. The third kappa shape index (κ3) is 4.46. The molecule has 1 atom stereocenters. The highest BCUT2D eigenvalue weighted by Crippen LogP contribution is 1.91. The molecule has 1 aromatic rings. The number of aliphatic hydroxyl groups is 1. The largest absolute Gasteiger partial charge is 0.447 e. The minimum absolute atomic E-state index is 0.0142. The molecule has 84 valence electrons. The molecule has 2 N–H and O–H groups in total. The van der Waals surface area contributed by atoms with Crippen LogP contribution in [0.2, 0.25) is 0 Å². The molecule has 0 fully saturated rings. The zero-order valence-electron chi connectivity index (χ0n) is 8.59. The van der Waals surface area contributed by atoms with Gasteiger partial charge in [0.25, 0.3) is 0 Å². The Morgan fingerprint density at radius 2 is 2.53 bits per heavy atom. The van der Waals surface area contributed by atoms with Crippen molar-refractivity contribution >= 4 is 6.09 Å². The van der Waals surface area contributed by atoms with Crippen molar-refractivity contribution in [3.8, 4) is 0 Å². The summed E-state index contributed by atoms with van der Waals surface area (Å²) in [6, 6.07) is 1.74. The highest BCUT2D eigenvalue weighted by atomic mass is 16.6. The molecule has 0 spiro atoms. The third-order valence-corrected chi connectivity index (χ3v) is 1.71. The molecule has 0 radical (unpaired) electrons. The van der Waals surface area contributed by atoms with E-state index in [1.807, 2.05) is 19.2 Å². The first kappa shape index (κ1) is 11.5. The summed E-state index contributed by atoms with van der Waals surface area (Å²) in [4.78, 5) is 11.1. The molecule has 1 heterocycles. The van der Waals surface area contributed by atoms with Crippen LogP contribution < -0.4 is 5.32 Å². The van der Waals surface area contributed by atoms with Gasteiger partial charge in [-0.05, 0) is 13.0 Å². The molecule has 0 aliphatic carbocycles. The average molecular weight is 213 g/mol. The molecule has 1 aromatic heterocycles.